The van der Waals surface area contributed by atoms with Crippen LogP contribution in [0.15, 0.2) is 39.9 Å². The van der Waals surface area contributed by atoms with E-state index in [1.807, 2.05) is 17.0 Å². The first-order valence-corrected chi connectivity index (χ1v) is 8.80. The Labute approximate surface area is 151 Å². The summed E-state index contributed by atoms with van der Waals surface area (Å²) in [6, 6.07) is 10.8. The molecule has 1 aromatic heterocycles. The van der Waals surface area contributed by atoms with Crippen LogP contribution in [-0.2, 0) is 13.6 Å². The topological polar surface area (TPSA) is 97.1 Å². The summed E-state index contributed by atoms with van der Waals surface area (Å²) in [5, 5.41) is 9.33. The zero-order valence-electron chi connectivity index (χ0n) is 14.9. The Morgan fingerprint density at radius 1 is 1.27 bits per heavy atom. The Hall–Kier alpha value is -2.85. The molecule has 0 spiro atoms. The molecule has 1 aliphatic rings. The van der Waals surface area contributed by atoms with Gasteiger partial charge in [0.05, 0.1) is 18.2 Å². The lowest BCUT2D eigenvalue weighted by Crippen LogP contribution is -2.44. The summed E-state index contributed by atoms with van der Waals surface area (Å²) in [4.78, 5) is 27.1. The average Bonchev–Trinajstić information content (AvgIpc) is 2.86. The van der Waals surface area contributed by atoms with Crippen molar-refractivity contribution in [1.82, 2.24) is 9.13 Å². The van der Waals surface area contributed by atoms with E-state index in [2.05, 4.69) is 6.07 Å². The van der Waals surface area contributed by atoms with Gasteiger partial charge in [-0.3, -0.25) is 13.9 Å². The zero-order chi connectivity index (χ0) is 18.7. The summed E-state index contributed by atoms with van der Waals surface area (Å²) < 4.78 is 2.66. The number of hydrogen-bond acceptors (Lipinski definition) is 5. The molecule has 0 aliphatic carbocycles. The molecule has 7 nitrogen and oxygen atoms in total. The Balaban J connectivity index is 2.11. The molecule has 3 rings (SSSR count). The van der Waals surface area contributed by atoms with E-state index in [9.17, 15) is 14.9 Å². The fourth-order valence-corrected chi connectivity index (χ4v) is 3.39. The van der Waals surface area contributed by atoms with Crippen molar-refractivity contribution < 1.29 is 0 Å². The number of nitrogens with zero attached hydrogens (tertiary/aromatic N) is 4. The van der Waals surface area contributed by atoms with Gasteiger partial charge in [-0.15, -0.1) is 0 Å². The molecule has 0 radical (unpaired) electrons. The van der Waals surface area contributed by atoms with E-state index in [0.717, 1.165) is 35.9 Å². The molecule has 2 N–H and O–H groups in total. The first kappa shape index (κ1) is 18.0. The molecule has 1 aromatic carbocycles. The van der Waals surface area contributed by atoms with Gasteiger partial charge >= 0.3 is 5.69 Å². The maximum Gasteiger partial charge on any atom is 0.332 e. The van der Waals surface area contributed by atoms with E-state index in [1.54, 1.807) is 16.7 Å². The van der Waals surface area contributed by atoms with Crippen LogP contribution in [0.4, 0.5) is 5.82 Å². The summed E-state index contributed by atoms with van der Waals surface area (Å²) in [6.07, 6.45) is 2.93. The minimum absolute atomic E-state index is 0.0107. The standard InChI is InChI=1S/C19H23N5O2/c1-22-18(25)10-17(23-9-5-4-8-16(21)13-23)24(19(22)26)12-15-7-3-2-6-14(15)11-20/h2-3,6-7,10,16H,4-5,8-9,12-13,21H2,1H3/t16-/m1/s1. The summed E-state index contributed by atoms with van der Waals surface area (Å²) in [6.45, 7) is 1.59. The van der Waals surface area contributed by atoms with Crippen molar-refractivity contribution in [2.24, 2.45) is 12.8 Å². The van der Waals surface area contributed by atoms with Crippen LogP contribution < -0.4 is 21.9 Å². The highest BCUT2D eigenvalue weighted by Gasteiger charge is 2.21. The fourth-order valence-electron chi connectivity index (χ4n) is 3.39. The number of aromatic nitrogens is 2. The molecular weight excluding hydrogens is 330 g/mol. The van der Waals surface area contributed by atoms with Crippen molar-refractivity contribution in [1.29, 1.82) is 5.26 Å². The highest BCUT2D eigenvalue weighted by molar-refractivity contribution is 5.42. The molecule has 1 aliphatic heterocycles. The summed E-state index contributed by atoms with van der Waals surface area (Å²) in [7, 11) is 1.47. The molecule has 1 atom stereocenters. The van der Waals surface area contributed by atoms with Gasteiger partial charge in [-0.2, -0.15) is 5.26 Å². The molecule has 26 heavy (non-hydrogen) atoms. The van der Waals surface area contributed by atoms with Gasteiger partial charge in [0.25, 0.3) is 5.56 Å². The van der Waals surface area contributed by atoms with Gasteiger partial charge in [0.2, 0.25) is 0 Å². The monoisotopic (exact) mass is 353 g/mol. The van der Waals surface area contributed by atoms with Crippen LogP contribution in [-0.4, -0.2) is 28.3 Å². The third-order valence-corrected chi connectivity index (χ3v) is 4.88. The first-order valence-electron chi connectivity index (χ1n) is 8.80. The second-order valence-corrected chi connectivity index (χ2v) is 6.74. The van der Waals surface area contributed by atoms with E-state index in [0.29, 0.717) is 17.9 Å². The maximum absolute atomic E-state index is 12.8. The molecule has 136 valence electrons. The number of benzene rings is 1. The van der Waals surface area contributed by atoms with Gasteiger partial charge in [-0.05, 0) is 24.5 Å². The second-order valence-electron chi connectivity index (χ2n) is 6.74. The van der Waals surface area contributed by atoms with Crippen LogP contribution in [0.3, 0.4) is 0 Å². The molecule has 0 saturated carbocycles. The Kier molecular flexibility index (Phi) is 5.24. The minimum atomic E-state index is -0.391. The van der Waals surface area contributed by atoms with Crippen molar-refractivity contribution in [3.8, 4) is 6.07 Å². The van der Waals surface area contributed by atoms with Crippen molar-refractivity contribution in [3.63, 3.8) is 0 Å². The third-order valence-electron chi connectivity index (χ3n) is 4.88. The predicted octanol–water partition coefficient (Wildman–Crippen LogP) is 0.785. The number of anilines is 1. The SMILES string of the molecule is Cn1c(=O)cc(N2CCCC[C@@H](N)C2)n(Cc2ccccc2C#N)c1=O. The number of nitrogens with two attached hydrogens (primary N) is 1. The highest BCUT2D eigenvalue weighted by atomic mass is 16.2. The van der Waals surface area contributed by atoms with E-state index < -0.39 is 5.69 Å². The average molecular weight is 353 g/mol. The van der Waals surface area contributed by atoms with Gasteiger partial charge < -0.3 is 10.6 Å². The lowest BCUT2D eigenvalue weighted by molar-refractivity contribution is 0.598. The normalized spacial score (nSPS) is 17.6. The minimum Gasteiger partial charge on any atom is -0.356 e. The van der Waals surface area contributed by atoms with Crippen LogP contribution in [0.1, 0.15) is 30.4 Å². The van der Waals surface area contributed by atoms with Crippen LogP contribution in [0.5, 0.6) is 0 Å². The summed E-state index contributed by atoms with van der Waals surface area (Å²) >= 11 is 0. The van der Waals surface area contributed by atoms with Gasteiger partial charge in [-0.25, -0.2) is 4.79 Å². The number of rotatable bonds is 3. The Morgan fingerprint density at radius 2 is 2.04 bits per heavy atom. The predicted molar refractivity (Wildman–Crippen MR) is 100 cm³/mol. The zero-order valence-corrected chi connectivity index (χ0v) is 14.9. The van der Waals surface area contributed by atoms with E-state index in [-0.39, 0.29) is 18.1 Å². The molecule has 2 aromatic rings. The van der Waals surface area contributed by atoms with Crippen LogP contribution in [0.2, 0.25) is 0 Å². The van der Waals surface area contributed by atoms with Gasteiger partial charge in [0.15, 0.2) is 0 Å². The Morgan fingerprint density at radius 3 is 2.81 bits per heavy atom. The largest absolute Gasteiger partial charge is 0.356 e. The van der Waals surface area contributed by atoms with Crippen molar-refractivity contribution in [3.05, 3.63) is 62.3 Å². The third kappa shape index (κ3) is 3.55. The van der Waals surface area contributed by atoms with Gasteiger partial charge in [0, 0.05) is 32.2 Å². The molecule has 0 bridgehead atoms. The second kappa shape index (κ2) is 7.58. The van der Waals surface area contributed by atoms with E-state index >= 15 is 0 Å². The maximum atomic E-state index is 12.8. The van der Waals surface area contributed by atoms with Crippen molar-refractivity contribution >= 4 is 5.82 Å². The van der Waals surface area contributed by atoms with Crippen LogP contribution in [0.25, 0.3) is 0 Å². The summed E-state index contributed by atoms with van der Waals surface area (Å²) in [5.41, 5.74) is 6.70. The lowest BCUT2D eigenvalue weighted by Gasteiger charge is -2.28. The van der Waals surface area contributed by atoms with E-state index in [4.69, 9.17) is 5.73 Å². The molecule has 2 heterocycles. The molecule has 1 saturated heterocycles. The smallest absolute Gasteiger partial charge is 0.332 e. The van der Waals surface area contributed by atoms with Crippen LogP contribution in [0, 0.1) is 11.3 Å². The fraction of sp³-hybridized carbons (Fsp3) is 0.421. The lowest BCUT2D eigenvalue weighted by atomic mass is 10.1. The van der Waals surface area contributed by atoms with Crippen molar-refractivity contribution in [2.45, 2.75) is 31.8 Å². The Bertz CT molecular complexity index is 954. The summed E-state index contributed by atoms with van der Waals surface area (Å²) in [5.74, 6) is 0.572. The van der Waals surface area contributed by atoms with Gasteiger partial charge in [-0.1, -0.05) is 24.6 Å². The van der Waals surface area contributed by atoms with Crippen LogP contribution >= 0.6 is 0 Å². The molecule has 0 unspecified atom stereocenters. The molecule has 0 amide bonds. The van der Waals surface area contributed by atoms with E-state index in [1.165, 1.54) is 13.1 Å². The number of nitriles is 1. The molecule has 7 heteroatoms. The molecule has 1 fully saturated rings. The molecular formula is C19H23N5O2. The van der Waals surface area contributed by atoms with Crippen molar-refractivity contribution in [2.75, 3.05) is 18.0 Å². The number of hydrogen-bond donors (Lipinski definition) is 1. The highest BCUT2D eigenvalue weighted by Crippen LogP contribution is 2.19. The first-order chi connectivity index (χ1) is 12.5. The van der Waals surface area contributed by atoms with Gasteiger partial charge in [0.1, 0.15) is 5.82 Å². The quantitative estimate of drug-likeness (QED) is 0.880.